The Balaban J connectivity index is 1.87. The monoisotopic (exact) mass is 253 g/mol. The first-order valence-corrected chi connectivity index (χ1v) is 6.94. The smallest absolute Gasteiger partial charge is 0.227 e. The van der Waals surface area contributed by atoms with E-state index < -0.39 is 0 Å². The molecule has 1 aliphatic carbocycles. The Morgan fingerprint density at radius 1 is 1.65 bits per heavy atom. The Morgan fingerprint density at radius 2 is 2.41 bits per heavy atom. The molecule has 0 atom stereocenters. The summed E-state index contributed by atoms with van der Waals surface area (Å²) in [5, 5.41) is 3.93. The van der Waals surface area contributed by atoms with Crippen LogP contribution in [0.25, 0.3) is 0 Å². The van der Waals surface area contributed by atoms with Crippen molar-refractivity contribution in [2.75, 3.05) is 6.54 Å². The second kappa shape index (κ2) is 5.14. The lowest BCUT2D eigenvalue weighted by molar-refractivity contribution is -0.135. The zero-order chi connectivity index (χ0) is 12.3. The number of nitrogens with zero attached hydrogens (tertiary/aromatic N) is 1. The van der Waals surface area contributed by atoms with E-state index in [1.165, 1.54) is 4.88 Å². The minimum Gasteiger partial charge on any atom is -0.349 e. The minimum atomic E-state index is -0.287. The van der Waals surface area contributed by atoms with E-state index in [9.17, 15) is 4.79 Å². The lowest BCUT2D eigenvalue weighted by Crippen LogP contribution is -2.50. The first kappa shape index (κ1) is 12.5. The number of nitrogens with two attached hydrogens (primary N) is 1. The SMILES string of the molecule is CCc1cnc(CNC(=O)C2(CN)CCC2)s1. The highest BCUT2D eigenvalue weighted by atomic mass is 32.1. The average molecular weight is 253 g/mol. The zero-order valence-corrected chi connectivity index (χ0v) is 11.0. The second-order valence-corrected chi connectivity index (χ2v) is 5.79. The normalized spacial score (nSPS) is 17.5. The highest BCUT2D eigenvalue weighted by Crippen LogP contribution is 2.40. The van der Waals surface area contributed by atoms with Crippen molar-refractivity contribution in [3.8, 4) is 0 Å². The largest absolute Gasteiger partial charge is 0.349 e. The van der Waals surface area contributed by atoms with E-state index >= 15 is 0 Å². The summed E-state index contributed by atoms with van der Waals surface area (Å²) in [6, 6.07) is 0. The van der Waals surface area contributed by atoms with Gasteiger partial charge < -0.3 is 11.1 Å². The van der Waals surface area contributed by atoms with Gasteiger partial charge in [-0.3, -0.25) is 4.79 Å². The van der Waals surface area contributed by atoms with E-state index in [0.29, 0.717) is 13.1 Å². The maximum Gasteiger partial charge on any atom is 0.227 e. The first-order valence-electron chi connectivity index (χ1n) is 6.12. The maximum absolute atomic E-state index is 12.0. The van der Waals surface area contributed by atoms with Crippen LogP contribution in [0.4, 0.5) is 0 Å². The summed E-state index contributed by atoms with van der Waals surface area (Å²) in [4.78, 5) is 17.6. The summed E-state index contributed by atoms with van der Waals surface area (Å²) in [5.41, 5.74) is 5.40. The molecule has 1 aromatic rings. The molecular weight excluding hydrogens is 234 g/mol. The van der Waals surface area contributed by atoms with Crippen molar-refractivity contribution in [2.45, 2.75) is 39.2 Å². The number of carbonyl (C=O) groups excluding carboxylic acids is 1. The zero-order valence-electron chi connectivity index (χ0n) is 10.2. The summed E-state index contributed by atoms with van der Waals surface area (Å²) in [5.74, 6) is 0.0968. The quantitative estimate of drug-likeness (QED) is 0.834. The lowest BCUT2D eigenvalue weighted by Gasteiger charge is -2.38. The molecule has 0 radical (unpaired) electrons. The predicted molar refractivity (Wildman–Crippen MR) is 68.7 cm³/mol. The van der Waals surface area contributed by atoms with Gasteiger partial charge in [-0.05, 0) is 19.3 Å². The predicted octanol–water partition coefficient (Wildman–Crippen LogP) is 1.45. The van der Waals surface area contributed by atoms with Gasteiger partial charge in [-0.2, -0.15) is 0 Å². The molecule has 5 heteroatoms. The van der Waals surface area contributed by atoms with Crippen LogP contribution in [0.15, 0.2) is 6.20 Å². The number of carbonyl (C=O) groups is 1. The molecule has 0 saturated heterocycles. The van der Waals surface area contributed by atoms with E-state index in [1.54, 1.807) is 11.3 Å². The third kappa shape index (κ3) is 2.50. The molecule has 1 aliphatic rings. The summed E-state index contributed by atoms with van der Waals surface area (Å²) in [7, 11) is 0. The number of aromatic nitrogens is 1. The number of nitrogens with one attached hydrogen (secondary N) is 1. The Morgan fingerprint density at radius 3 is 2.88 bits per heavy atom. The van der Waals surface area contributed by atoms with Crippen molar-refractivity contribution in [3.05, 3.63) is 16.1 Å². The van der Waals surface area contributed by atoms with Crippen molar-refractivity contribution in [1.82, 2.24) is 10.3 Å². The molecule has 0 bridgehead atoms. The first-order chi connectivity index (χ1) is 8.20. The molecule has 3 N–H and O–H groups in total. The van der Waals surface area contributed by atoms with Gasteiger partial charge in [0, 0.05) is 17.6 Å². The maximum atomic E-state index is 12.0. The van der Waals surface area contributed by atoms with Crippen molar-refractivity contribution in [2.24, 2.45) is 11.1 Å². The van der Waals surface area contributed by atoms with Gasteiger partial charge in [0.1, 0.15) is 5.01 Å². The molecule has 0 unspecified atom stereocenters. The van der Waals surface area contributed by atoms with E-state index in [1.807, 2.05) is 6.20 Å². The van der Waals surface area contributed by atoms with Crippen molar-refractivity contribution in [1.29, 1.82) is 0 Å². The van der Waals surface area contributed by atoms with Crippen molar-refractivity contribution >= 4 is 17.2 Å². The molecule has 0 aromatic carbocycles. The van der Waals surface area contributed by atoms with Crippen molar-refractivity contribution < 1.29 is 4.79 Å². The van der Waals surface area contributed by atoms with E-state index in [0.717, 1.165) is 30.7 Å². The van der Waals surface area contributed by atoms with Crippen LogP contribution in [0.1, 0.15) is 36.1 Å². The molecule has 1 saturated carbocycles. The van der Waals surface area contributed by atoms with Crippen molar-refractivity contribution in [3.63, 3.8) is 0 Å². The third-order valence-electron chi connectivity index (χ3n) is 3.53. The average Bonchev–Trinajstić information content (AvgIpc) is 2.73. The van der Waals surface area contributed by atoms with E-state index in [-0.39, 0.29) is 11.3 Å². The van der Waals surface area contributed by atoms with Crippen LogP contribution < -0.4 is 11.1 Å². The van der Waals surface area contributed by atoms with Gasteiger partial charge in [-0.1, -0.05) is 13.3 Å². The molecule has 1 aromatic heterocycles. The Bertz CT molecular complexity index is 393. The fourth-order valence-electron chi connectivity index (χ4n) is 2.06. The number of amides is 1. The Labute approximate surface area is 106 Å². The van der Waals surface area contributed by atoms with E-state index in [2.05, 4.69) is 17.2 Å². The van der Waals surface area contributed by atoms with Gasteiger partial charge >= 0.3 is 0 Å². The second-order valence-electron chi connectivity index (χ2n) is 4.59. The number of hydrogen-bond acceptors (Lipinski definition) is 4. The number of thiazole rings is 1. The van der Waals surface area contributed by atoms with Crippen LogP contribution >= 0.6 is 11.3 Å². The Hall–Kier alpha value is -0.940. The summed E-state index contributed by atoms with van der Waals surface area (Å²) in [6.07, 6.45) is 5.84. The third-order valence-corrected chi connectivity index (χ3v) is 4.67. The molecule has 1 fully saturated rings. The summed E-state index contributed by atoms with van der Waals surface area (Å²) < 4.78 is 0. The van der Waals surface area contributed by atoms with Gasteiger partial charge in [0.25, 0.3) is 0 Å². The summed E-state index contributed by atoms with van der Waals surface area (Å²) >= 11 is 1.66. The molecule has 17 heavy (non-hydrogen) atoms. The molecule has 0 spiro atoms. The highest BCUT2D eigenvalue weighted by molar-refractivity contribution is 7.11. The van der Waals surface area contributed by atoms with Crippen LogP contribution in [0.2, 0.25) is 0 Å². The number of rotatable bonds is 5. The minimum absolute atomic E-state index is 0.0968. The van der Waals surface area contributed by atoms with Crippen LogP contribution in [-0.2, 0) is 17.8 Å². The molecule has 4 nitrogen and oxygen atoms in total. The molecule has 94 valence electrons. The fourth-order valence-corrected chi connectivity index (χ4v) is 2.87. The molecular formula is C12H19N3OS. The molecule has 2 rings (SSSR count). The standard InChI is InChI=1S/C12H19N3OS/c1-2-9-6-14-10(17-9)7-15-11(16)12(8-13)4-3-5-12/h6H,2-5,7-8,13H2,1H3,(H,15,16). The van der Waals surface area contributed by atoms with Crippen LogP contribution in [0, 0.1) is 5.41 Å². The number of aryl methyl sites for hydroxylation is 1. The van der Waals surface area contributed by atoms with Gasteiger partial charge in [0.05, 0.1) is 12.0 Å². The number of hydrogen-bond donors (Lipinski definition) is 2. The molecule has 1 amide bonds. The van der Waals surface area contributed by atoms with Gasteiger partial charge in [0.15, 0.2) is 0 Å². The van der Waals surface area contributed by atoms with Crippen LogP contribution in [0.3, 0.4) is 0 Å². The molecule has 0 aliphatic heterocycles. The summed E-state index contributed by atoms with van der Waals surface area (Å²) in [6.45, 7) is 3.09. The van der Waals surface area contributed by atoms with Crippen LogP contribution in [-0.4, -0.2) is 17.4 Å². The van der Waals surface area contributed by atoms with E-state index in [4.69, 9.17) is 5.73 Å². The van der Waals surface area contributed by atoms with Gasteiger partial charge in [0.2, 0.25) is 5.91 Å². The lowest BCUT2D eigenvalue weighted by atomic mass is 9.68. The highest BCUT2D eigenvalue weighted by Gasteiger charge is 2.42. The van der Waals surface area contributed by atoms with Crippen LogP contribution in [0.5, 0.6) is 0 Å². The van der Waals surface area contributed by atoms with Gasteiger partial charge in [-0.15, -0.1) is 11.3 Å². The fraction of sp³-hybridized carbons (Fsp3) is 0.667. The Kier molecular flexibility index (Phi) is 3.79. The topological polar surface area (TPSA) is 68.0 Å². The van der Waals surface area contributed by atoms with Gasteiger partial charge in [-0.25, -0.2) is 4.98 Å². The molecule has 1 heterocycles.